The normalized spacial score (nSPS) is 46.5. The molecule has 1 N–H and O–H groups in total. The van der Waals surface area contributed by atoms with Crippen LogP contribution in [0.25, 0.3) is 0 Å². The maximum Gasteiger partial charge on any atom is 0.184 e. The average molecular weight is 328 g/mol. The van der Waals surface area contributed by atoms with Crippen molar-refractivity contribution in [3.8, 4) is 0 Å². The quantitative estimate of drug-likeness (QED) is 0.437. The van der Waals surface area contributed by atoms with Crippen LogP contribution in [-0.2, 0) is 9.59 Å². The lowest BCUT2D eigenvalue weighted by Gasteiger charge is -2.57. The third-order valence-electron chi connectivity index (χ3n) is 8.17. The smallest absolute Gasteiger partial charge is 0.184 e. The minimum atomic E-state index is -0.00989. The number of aliphatic hydroxyl groups is 1. The Hall–Kier alpha value is -1.38. The molecule has 0 heterocycles. The number of aldehydes is 1. The molecule has 0 aromatic heterocycles. The molecule has 0 radical (unpaired) electrons. The monoisotopic (exact) mass is 328 g/mol. The van der Waals surface area contributed by atoms with Crippen molar-refractivity contribution in [1.29, 1.82) is 0 Å². The molecule has 3 fully saturated rings. The Morgan fingerprint density at radius 1 is 1.08 bits per heavy atom. The first-order valence-electron chi connectivity index (χ1n) is 9.52. The summed E-state index contributed by atoms with van der Waals surface area (Å²) in [6.45, 7) is 4.66. The molecule has 3 saturated carbocycles. The van der Waals surface area contributed by atoms with Crippen LogP contribution in [0.4, 0.5) is 0 Å². The fraction of sp³-hybridized carbons (Fsp3) is 0.714. The Labute approximate surface area is 144 Å². The Kier molecular flexibility index (Phi) is 3.56. The second-order valence-corrected chi connectivity index (χ2v) is 8.95. The molecule has 130 valence electrons. The highest BCUT2D eigenvalue weighted by molar-refractivity contribution is 5.91. The summed E-state index contributed by atoms with van der Waals surface area (Å²) in [5.41, 5.74) is 2.59. The van der Waals surface area contributed by atoms with Gasteiger partial charge in [-0.3, -0.25) is 9.59 Å². The Bertz CT molecular complexity index is 658. The number of rotatable bonds is 1. The molecule has 4 rings (SSSR count). The zero-order chi connectivity index (χ0) is 17.1. The van der Waals surface area contributed by atoms with E-state index in [4.69, 9.17) is 0 Å². The van der Waals surface area contributed by atoms with Crippen LogP contribution in [0.5, 0.6) is 0 Å². The fourth-order valence-corrected chi connectivity index (χ4v) is 6.86. The number of hydrogen-bond acceptors (Lipinski definition) is 3. The van der Waals surface area contributed by atoms with E-state index in [0.717, 1.165) is 50.5 Å². The highest BCUT2D eigenvalue weighted by atomic mass is 16.3. The van der Waals surface area contributed by atoms with Gasteiger partial charge in [-0.25, -0.2) is 0 Å². The topological polar surface area (TPSA) is 54.4 Å². The molecule has 0 aromatic rings. The highest BCUT2D eigenvalue weighted by Crippen LogP contribution is 2.66. The average Bonchev–Trinajstić information content (AvgIpc) is 2.92. The Balaban J connectivity index is 1.70. The summed E-state index contributed by atoms with van der Waals surface area (Å²) in [5, 5.41) is 10.1. The molecule has 0 unspecified atom stereocenters. The zero-order valence-corrected chi connectivity index (χ0v) is 14.8. The third kappa shape index (κ3) is 2.02. The molecule has 24 heavy (non-hydrogen) atoms. The van der Waals surface area contributed by atoms with Crippen molar-refractivity contribution in [1.82, 2.24) is 0 Å². The first-order chi connectivity index (χ1) is 11.4. The first-order valence-corrected chi connectivity index (χ1v) is 9.52. The van der Waals surface area contributed by atoms with Gasteiger partial charge in [0, 0.05) is 6.42 Å². The number of aliphatic hydroxyl groups excluding tert-OH is 1. The van der Waals surface area contributed by atoms with Crippen LogP contribution in [0.2, 0.25) is 0 Å². The summed E-state index contributed by atoms with van der Waals surface area (Å²) in [6.07, 6.45) is 10.7. The standard InChI is InChI=1S/C21H28O3/c1-20-9-7-14(23)11-13(20)3-4-15-16-5-6-18(19(24)12-22)21(16,2)10-8-17(15)20/h11-12,15-17,24H,3-10H2,1-2H3/b19-18-/t15-,16-,17-,20-,21-/m0/s1. The van der Waals surface area contributed by atoms with Gasteiger partial charge in [-0.1, -0.05) is 19.4 Å². The van der Waals surface area contributed by atoms with Gasteiger partial charge >= 0.3 is 0 Å². The first kappa shape index (κ1) is 16.1. The van der Waals surface area contributed by atoms with Crippen molar-refractivity contribution in [3.05, 3.63) is 23.0 Å². The molecule has 0 spiro atoms. The lowest BCUT2D eigenvalue weighted by atomic mass is 9.47. The SMILES string of the molecule is C[C@]12CCC(=O)C=C1CC[C@@H]1[C@@H]2CC[C@]2(C)/C(=C(\O)C=O)CC[C@@H]12. The molecule has 3 nitrogen and oxygen atoms in total. The lowest BCUT2D eigenvalue weighted by Crippen LogP contribution is -2.49. The number of fused-ring (bicyclic) bond motifs is 5. The van der Waals surface area contributed by atoms with Gasteiger partial charge in [-0.15, -0.1) is 0 Å². The number of hydrogen-bond donors (Lipinski definition) is 1. The van der Waals surface area contributed by atoms with Crippen LogP contribution in [0, 0.1) is 28.6 Å². The zero-order valence-electron chi connectivity index (χ0n) is 14.8. The van der Waals surface area contributed by atoms with Crippen molar-refractivity contribution in [3.63, 3.8) is 0 Å². The van der Waals surface area contributed by atoms with Crippen molar-refractivity contribution >= 4 is 12.1 Å². The summed E-state index contributed by atoms with van der Waals surface area (Å²) in [6, 6.07) is 0. The van der Waals surface area contributed by atoms with Crippen LogP contribution in [0.15, 0.2) is 23.0 Å². The van der Waals surface area contributed by atoms with E-state index in [1.165, 1.54) is 5.57 Å². The molecule has 0 bridgehead atoms. The van der Waals surface area contributed by atoms with Gasteiger partial charge in [0.1, 0.15) is 0 Å². The van der Waals surface area contributed by atoms with E-state index in [2.05, 4.69) is 13.8 Å². The van der Waals surface area contributed by atoms with Crippen molar-refractivity contribution in [2.45, 2.75) is 65.2 Å². The molecular formula is C21H28O3. The van der Waals surface area contributed by atoms with E-state index in [9.17, 15) is 14.7 Å². The van der Waals surface area contributed by atoms with E-state index in [1.807, 2.05) is 6.08 Å². The van der Waals surface area contributed by atoms with Gasteiger partial charge in [0.15, 0.2) is 17.8 Å². The van der Waals surface area contributed by atoms with E-state index in [-0.39, 0.29) is 16.6 Å². The lowest BCUT2D eigenvalue weighted by molar-refractivity contribution is -0.117. The van der Waals surface area contributed by atoms with Crippen LogP contribution in [0.1, 0.15) is 65.2 Å². The van der Waals surface area contributed by atoms with Gasteiger partial charge in [-0.05, 0) is 85.2 Å². The van der Waals surface area contributed by atoms with Gasteiger partial charge in [-0.2, -0.15) is 0 Å². The van der Waals surface area contributed by atoms with Gasteiger partial charge in [0.2, 0.25) is 0 Å². The predicted molar refractivity (Wildman–Crippen MR) is 92.4 cm³/mol. The number of carbonyl (C=O) groups excluding carboxylic acids is 2. The van der Waals surface area contributed by atoms with Crippen LogP contribution in [0.3, 0.4) is 0 Å². The summed E-state index contributed by atoms with van der Waals surface area (Å²) in [5.74, 6) is 2.19. The second kappa shape index (κ2) is 5.31. The largest absolute Gasteiger partial charge is 0.505 e. The maximum absolute atomic E-state index is 11.9. The Morgan fingerprint density at radius 3 is 2.58 bits per heavy atom. The third-order valence-corrected chi connectivity index (χ3v) is 8.17. The number of allylic oxidation sites excluding steroid dienone is 3. The van der Waals surface area contributed by atoms with Crippen molar-refractivity contribution in [2.75, 3.05) is 0 Å². The number of carbonyl (C=O) groups is 2. The summed E-state index contributed by atoms with van der Waals surface area (Å²) in [7, 11) is 0. The van der Waals surface area contributed by atoms with Crippen molar-refractivity contribution in [2.24, 2.45) is 28.6 Å². The minimum Gasteiger partial charge on any atom is -0.505 e. The molecular weight excluding hydrogens is 300 g/mol. The highest BCUT2D eigenvalue weighted by Gasteiger charge is 2.58. The van der Waals surface area contributed by atoms with Crippen LogP contribution < -0.4 is 0 Å². The molecule has 0 amide bonds. The second-order valence-electron chi connectivity index (χ2n) is 8.95. The molecule has 0 aliphatic heterocycles. The van der Waals surface area contributed by atoms with E-state index in [1.54, 1.807) is 0 Å². The molecule has 3 heteroatoms. The molecule has 5 atom stereocenters. The van der Waals surface area contributed by atoms with Crippen molar-refractivity contribution < 1.29 is 14.7 Å². The number of ketones is 1. The van der Waals surface area contributed by atoms with Gasteiger partial charge in [0.25, 0.3) is 0 Å². The maximum atomic E-state index is 11.9. The van der Waals surface area contributed by atoms with E-state index < -0.39 is 0 Å². The summed E-state index contributed by atoms with van der Waals surface area (Å²) in [4.78, 5) is 23.0. The van der Waals surface area contributed by atoms with Crippen LogP contribution in [-0.4, -0.2) is 17.2 Å². The minimum absolute atomic E-state index is 0.00573. The van der Waals surface area contributed by atoms with Crippen LogP contribution >= 0.6 is 0 Å². The van der Waals surface area contributed by atoms with E-state index in [0.29, 0.717) is 36.2 Å². The predicted octanol–water partition coefficient (Wildman–Crippen LogP) is 4.53. The molecule has 0 aromatic carbocycles. The molecule has 0 saturated heterocycles. The molecule has 4 aliphatic carbocycles. The fourth-order valence-electron chi connectivity index (χ4n) is 6.86. The van der Waals surface area contributed by atoms with Gasteiger partial charge in [0.05, 0.1) is 0 Å². The Morgan fingerprint density at radius 2 is 1.83 bits per heavy atom. The molecule has 4 aliphatic rings. The van der Waals surface area contributed by atoms with E-state index >= 15 is 0 Å². The summed E-state index contributed by atoms with van der Waals surface area (Å²) < 4.78 is 0. The van der Waals surface area contributed by atoms with Gasteiger partial charge < -0.3 is 5.11 Å². The summed E-state index contributed by atoms with van der Waals surface area (Å²) >= 11 is 0.